The van der Waals surface area contributed by atoms with Gasteiger partial charge in [0.25, 0.3) is 0 Å². The van der Waals surface area contributed by atoms with E-state index in [1.54, 1.807) is 6.07 Å². The van der Waals surface area contributed by atoms with E-state index < -0.39 is 0 Å². The largest absolute Gasteiger partial charge is 0.508 e. The first-order valence-corrected chi connectivity index (χ1v) is 6.66. The fourth-order valence-electron chi connectivity index (χ4n) is 1.90. The molecule has 1 heterocycles. The Bertz CT molecular complexity index is 333. The molecule has 0 radical (unpaired) electrons. The van der Waals surface area contributed by atoms with Crippen LogP contribution in [0.2, 0.25) is 0 Å². The number of phenolic OH excluding ortho intramolecular Hbond substituents is 1. The zero-order valence-electron chi connectivity index (χ0n) is 9.08. The fourth-order valence-corrected chi connectivity index (χ4v) is 3.18. The maximum absolute atomic E-state index is 13.0. The van der Waals surface area contributed by atoms with Crippen LogP contribution < -0.4 is 5.32 Å². The lowest BCUT2D eigenvalue weighted by Crippen LogP contribution is -2.22. The van der Waals surface area contributed by atoms with E-state index in [0.717, 1.165) is 24.1 Å². The smallest absolute Gasteiger partial charge is 0.127 e. The summed E-state index contributed by atoms with van der Waals surface area (Å²) in [6.07, 6.45) is 1.27. The van der Waals surface area contributed by atoms with Gasteiger partial charge < -0.3 is 10.4 Å². The summed E-state index contributed by atoms with van der Waals surface area (Å²) in [5, 5.41) is 12.5. The third-order valence-corrected chi connectivity index (χ3v) is 3.96. The van der Waals surface area contributed by atoms with E-state index in [-0.39, 0.29) is 11.6 Å². The van der Waals surface area contributed by atoms with Crippen LogP contribution >= 0.6 is 11.8 Å². The highest BCUT2D eigenvalue weighted by molar-refractivity contribution is 7.99. The molecule has 1 aliphatic heterocycles. The van der Waals surface area contributed by atoms with Gasteiger partial charge >= 0.3 is 0 Å². The van der Waals surface area contributed by atoms with Gasteiger partial charge in [0.15, 0.2) is 0 Å². The van der Waals surface area contributed by atoms with E-state index in [4.69, 9.17) is 0 Å². The predicted octanol–water partition coefficient (Wildman–Crippen LogP) is 2.37. The van der Waals surface area contributed by atoms with Crippen LogP contribution in [0, 0.1) is 11.7 Å². The first-order chi connectivity index (χ1) is 7.74. The van der Waals surface area contributed by atoms with Crippen LogP contribution in [-0.4, -0.2) is 23.2 Å². The number of hydrogen-bond acceptors (Lipinski definition) is 3. The average molecular weight is 241 g/mol. The molecule has 4 heteroatoms. The number of rotatable bonds is 4. The summed E-state index contributed by atoms with van der Waals surface area (Å²) in [7, 11) is 0. The molecule has 0 amide bonds. The minimum absolute atomic E-state index is 0.00628. The summed E-state index contributed by atoms with van der Waals surface area (Å²) in [5.41, 5.74) is 0.795. The molecule has 1 aromatic carbocycles. The number of thioether (sulfide) groups is 1. The van der Waals surface area contributed by atoms with Gasteiger partial charge in [-0.1, -0.05) is 0 Å². The fraction of sp³-hybridized carbons (Fsp3) is 0.500. The molecule has 0 bridgehead atoms. The highest BCUT2D eigenvalue weighted by Crippen LogP contribution is 2.22. The Balaban J connectivity index is 1.80. The van der Waals surface area contributed by atoms with E-state index in [0.29, 0.717) is 6.54 Å². The summed E-state index contributed by atoms with van der Waals surface area (Å²) in [5.74, 6) is 2.84. The maximum Gasteiger partial charge on any atom is 0.127 e. The van der Waals surface area contributed by atoms with Gasteiger partial charge in [-0.3, -0.25) is 0 Å². The Morgan fingerprint density at radius 3 is 3.00 bits per heavy atom. The minimum atomic E-state index is -0.381. The number of halogens is 1. The lowest BCUT2D eigenvalue weighted by molar-refractivity contribution is 0.466. The average Bonchev–Trinajstić information content (AvgIpc) is 2.69. The van der Waals surface area contributed by atoms with Gasteiger partial charge in [-0.25, -0.2) is 4.39 Å². The third-order valence-electron chi connectivity index (χ3n) is 2.73. The van der Waals surface area contributed by atoms with Gasteiger partial charge in [-0.05, 0) is 48.1 Å². The molecule has 1 aliphatic rings. The minimum Gasteiger partial charge on any atom is -0.508 e. The van der Waals surface area contributed by atoms with E-state index in [9.17, 15) is 9.50 Å². The molecule has 1 atom stereocenters. The van der Waals surface area contributed by atoms with E-state index >= 15 is 0 Å². The van der Waals surface area contributed by atoms with E-state index in [1.807, 2.05) is 11.8 Å². The number of aromatic hydroxyl groups is 1. The van der Waals surface area contributed by atoms with Gasteiger partial charge in [-0.15, -0.1) is 0 Å². The van der Waals surface area contributed by atoms with Gasteiger partial charge in [0, 0.05) is 12.6 Å². The highest BCUT2D eigenvalue weighted by Gasteiger charge is 2.14. The summed E-state index contributed by atoms with van der Waals surface area (Å²) < 4.78 is 13.0. The van der Waals surface area contributed by atoms with Gasteiger partial charge in [0.1, 0.15) is 11.6 Å². The summed E-state index contributed by atoms with van der Waals surface area (Å²) >= 11 is 1.99. The quantitative estimate of drug-likeness (QED) is 0.849. The van der Waals surface area contributed by atoms with E-state index in [2.05, 4.69) is 5.32 Å². The van der Waals surface area contributed by atoms with Crippen molar-refractivity contribution in [2.45, 2.75) is 13.0 Å². The molecule has 2 rings (SSSR count). The zero-order valence-corrected chi connectivity index (χ0v) is 9.89. The van der Waals surface area contributed by atoms with Crippen molar-refractivity contribution in [3.63, 3.8) is 0 Å². The second kappa shape index (κ2) is 5.55. The molecular weight excluding hydrogens is 225 g/mol. The monoisotopic (exact) mass is 241 g/mol. The molecule has 0 aliphatic carbocycles. The molecule has 16 heavy (non-hydrogen) atoms. The molecule has 0 saturated carbocycles. The Labute approximate surface area is 99.2 Å². The predicted molar refractivity (Wildman–Crippen MR) is 65.2 cm³/mol. The first-order valence-electron chi connectivity index (χ1n) is 5.51. The standard InChI is InChI=1S/C12H16FNOS/c13-11-3-10(4-12(15)5-11)7-14-6-9-1-2-16-8-9/h3-5,9,14-15H,1-2,6-8H2. The molecule has 1 unspecified atom stereocenters. The molecule has 1 aromatic rings. The molecule has 0 aromatic heterocycles. The summed E-state index contributed by atoms with van der Waals surface area (Å²) in [6, 6.07) is 4.17. The van der Waals surface area contributed by atoms with Crippen molar-refractivity contribution in [2.75, 3.05) is 18.1 Å². The number of nitrogens with one attached hydrogen (secondary N) is 1. The van der Waals surface area contributed by atoms with Crippen molar-refractivity contribution in [2.24, 2.45) is 5.92 Å². The zero-order chi connectivity index (χ0) is 11.4. The highest BCUT2D eigenvalue weighted by atomic mass is 32.2. The SMILES string of the molecule is Oc1cc(F)cc(CNCC2CCSC2)c1. The van der Waals surface area contributed by atoms with Gasteiger partial charge in [-0.2, -0.15) is 11.8 Å². The molecular formula is C12H16FNOS. The van der Waals surface area contributed by atoms with Crippen molar-refractivity contribution in [1.29, 1.82) is 0 Å². The molecule has 0 spiro atoms. The normalized spacial score (nSPS) is 20.2. The van der Waals surface area contributed by atoms with Crippen molar-refractivity contribution >= 4 is 11.8 Å². The van der Waals surface area contributed by atoms with Crippen molar-refractivity contribution < 1.29 is 9.50 Å². The van der Waals surface area contributed by atoms with Crippen LogP contribution in [0.15, 0.2) is 18.2 Å². The van der Waals surface area contributed by atoms with Gasteiger partial charge in [0.05, 0.1) is 0 Å². The Kier molecular flexibility index (Phi) is 4.07. The Hall–Kier alpha value is -0.740. The summed E-state index contributed by atoms with van der Waals surface area (Å²) in [6.45, 7) is 1.59. The summed E-state index contributed by atoms with van der Waals surface area (Å²) in [4.78, 5) is 0. The topological polar surface area (TPSA) is 32.3 Å². The second-order valence-corrected chi connectivity index (χ2v) is 5.33. The van der Waals surface area contributed by atoms with Crippen LogP contribution in [0.1, 0.15) is 12.0 Å². The third kappa shape index (κ3) is 3.39. The number of hydrogen-bond donors (Lipinski definition) is 2. The lowest BCUT2D eigenvalue weighted by atomic mass is 10.1. The van der Waals surface area contributed by atoms with Crippen LogP contribution in [0.3, 0.4) is 0 Å². The Morgan fingerprint density at radius 2 is 2.31 bits per heavy atom. The van der Waals surface area contributed by atoms with Crippen LogP contribution in [0.4, 0.5) is 4.39 Å². The van der Waals surface area contributed by atoms with Gasteiger partial charge in [0.2, 0.25) is 0 Å². The number of phenols is 1. The first kappa shape index (κ1) is 11.7. The maximum atomic E-state index is 13.0. The van der Waals surface area contributed by atoms with Crippen LogP contribution in [-0.2, 0) is 6.54 Å². The lowest BCUT2D eigenvalue weighted by Gasteiger charge is -2.10. The Morgan fingerprint density at radius 1 is 1.44 bits per heavy atom. The molecule has 1 saturated heterocycles. The number of benzene rings is 1. The van der Waals surface area contributed by atoms with Crippen LogP contribution in [0.25, 0.3) is 0 Å². The van der Waals surface area contributed by atoms with Crippen LogP contribution in [0.5, 0.6) is 5.75 Å². The second-order valence-electron chi connectivity index (χ2n) is 4.18. The molecule has 2 nitrogen and oxygen atoms in total. The van der Waals surface area contributed by atoms with Crippen molar-refractivity contribution in [3.05, 3.63) is 29.6 Å². The van der Waals surface area contributed by atoms with Crippen molar-refractivity contribution in [1.82, 2.24) is 5.32 Å². The van der Waals surface area contributed by atoms with Crippen molar-refractivity contribution in [3.8, 4) is 5.75 Å². The molecule has 1 fully saturated rings. The van der Waals surface area contributed by atoms with E-state index in [1.165, 1.54) is 24.0 Å². The molecule has 2 N–H and O–H groups in total. The molecule has 88 valence electrons.